The Morgan fingerprint density at radius 2 is 1.85 bits per heavy atom. The van der Waals surface area contributed by atoms with Crippen molar-refractivity contribution in [2.75, 3.05) is 5.73 Å². The molecule has 0 fully saturated rings. The molecule has 0 aliphatic rings. The molecule has 0 amide bonds. The minimum Gasteiger partial charge on any atom is -0.382 e. The second kappa shape index (κ2) is 5.05. The first-order chi connectivity index (χ1) is 9.66. The quantitative estimate of drug-likeness (QED) is 0.753. The SMILES string of the molecule is Nc1n[nH]c(-c2ccc(Br)c(F)c2)c1-c1ccncc1. The Balaban J connectivity index is 2.18. The summed E-state index contributed by atoms with van der Waals surface area (Å²) in [7, 11) is 0. The second-order valence-electron chi connectivity index (χ2n) is 4.22. The summed E-state index contributed by atoms with van der Waals surface area (Å²) in [5, 5.41) is 6.88. The van der Waals surface area contributed by atoms with Gasteiger partial charge in [0.2, 0.25) is 0 Å². The van der Waals surface area contributed by atoms with Crippen molar-refractivity contribution in [1.29, 1.82) is 0 Å². The van der Waals surface area contributed by atoms with Crippen LogP contribution in [0, 0.1) is 5.82 Å². The number of aromatic nitrogens is 3. The number of aromatic amines is 1. The molecule has 0 unspecified atom stereocenters. The van der Waals surface area contributed by atoms with E-state index in [2.05, 4.69) is 31.1 Å². The molecule has 0 saturated carbocycles. The minimum atomic E-state index is -0.337. The van der Waals surface area contributed by atoms with Crippen molar-refractivity contribution in [3.8, 4) is 22.4 Å². The molecule has 3 N–H and O–H groups in total. The third-order valence-corrected chi connectivity index (χ3v) is 3.61. The van der Waals surface area contributed by atoms with E-state index in [1.165, 1.54) is 6.07 Å². The van der Waals surface area contributed by atoms with Crippen LogP contribution in [0.3, 0.4) is 0 Å². The van der Waals surface area contributed by atoms with Gasteiger partial charge >= 0.3 is 0 Å². The van der Waals surface area contributed by atoms with Crippen LogP contribution in [0.5, 0.6) is 0 Å². The summed E-state index contributed by atoms with van der Waals surface area (Å²) in [5.74, 6) is 0.0332. The smallest absolute Gasteiger partial charge is 0.153 e. The van der Waals surface area contributed by atoms with Crippen LogP contribution in [-0.4, -0.2) is 15.2 Å². The molecular formula is C14H10BrFN4. The lowest BCUT2D eigenvalue weighted by molar-refractivity contribution is 0.621. The van der Waals surface area contributed by atoms with Crippen LogP contribution in [0.2, 0.25) is 0 Å². The van der Waals surface area contributed by atoms with Gasteiger partial charge in [-0.2, -0.15) is 5.10 Å². The number of anilines is 1. The van der Waals surface area contributed by atoms with Crippen molar-refractivity contribution < 1.29 is 4.39 Å². The average Bonchev–Trinajstić information content (AvgIpc) is 2.85. The third kappa shape index (κ3) is 2.18. The first-order valence-electron chi connectivity index (χ1n) is 5.86. The summed E-state index contributed by atoms with van der Waals surface area (Å²) in [6.07, 6.45) is 3.35. The molecule has 6 heteroatoms. The van der Waals surface area contributed by atoms with Crippen molar-refractivity contribution in [2.45, 2.75) is 0 Å². The van der Waals surface area contributed by atoms with Gasteiger partial charge in [0.05, 0.1) is 15.7 Å². The summed E-state index contributed by atoms with van der Waals surface area (Å²) in [4.78, 5) is 3.98. The Morgan fingerprint density at radius 1 is 1.10 bits per heavy atom. The van der Waals surface area contributed by atoms with E-state index in [0.29, 0.717) is 21.5 Å². The van der Waals surface area contributed by atoms with E-state index >= 15 is 0 Å². The first kappa shape index (κ1) is 12.8. The molecule has 4 nitrogen and oxygen atoms in total. The molecule has 0 aliphatic heterocycles. The van der Waals surface area contributed by atoms with Gasteiger partial charge in [-0.15, -0.1) is 0 Å². The lowest BCUT2D eigenvalue weighted by Crippen LogP contribution is -1.89. The number of hydrogen-bond acceptors (Lipinski definition) is 3. The van der Waals surface area contributed by atoms with Crippen molar-refractivity contribution >= 4 is 21.7 Å². The third-order valence-electron chi connectivity index (χ3n) is 2.97. The maximum atomic E-state index is 13.7. The van der Waals surface area contributed by atoms with Gasteiger partial charge in [-0.25, -0.2) is 4.39 Å². The number of nitrogens with zero attached hydrogens (tertiary/aromatic N) is 2. The molecule has 0 atom stereocenters. The highest BCUT2D eigenvalue weighted by Crippen LogP contribution is 2.35. The van der Waals surface area contributed by atoms with Gasteiger partial charge < -0.3 is 5.73 Å². The molecule has 2 heterocycles. The van der Waals surface area contributed by atoms with Crippen LogP contribution in [0.15, 0.2) is 47.2 Å². The topological polar surface area (TPSA) is 67.6 Å². The molecule has 0 bridgehead atoms. The van der Waals surface area contributed by atoms with Crippen LogP contribution in [-0.2, 0) is 0 Å². The van der Waals surface area contributed by atoms with Crippen molar-refractivity contribution in [3.63, 3.8) is 0 Å². The summed E-state index contributed by atoms with van der Waals surface area (Å²) in [6, 6.07) is 8.55. The Hall–Kier alpha value is -2.21. The highest BCUT2D eigenvalue weighted by Gasteiger charge is 2.15. The van der Waals surface area contributed by atoms with E-state index in [0.717, 1.165) is 11.1 Å². The first-order valence-corrected chi connectivity index (χ1v) is 6.66. The van der Waals surface area contributed by atoms with E-state index in [1.54, 1.807) is 24.5 Å². The molecule has 1 aromatic carbocycles. The minimum absolute atomic E-state index is 0.337. The Morgan fingerprint density at radius 3 is 2.55 bits per heavy atom. The highest BCUT2D eigenvalue weighted by atomic mass is 79.9. The number of hydrogen-bond donors (Lipinski definition) is 2. The van der Waals surface area contributed by atoms with Gasteiger partial charge in [0, 0.05) is 18.0 Å². The second-order valence-corrected chi connectivity index (χ2v) is 5.08. The largest absolute Gasteiger partial charge is 0.382 e. The number of rotatable bonds is 2. The lowest BCUT2D eigenvalue weighted by Gasteiger charge is -2.05. The molecule has 0 radical (unpaired) electrons. The summed E-state index contributed by atoms with van der Waals surface area (Å²) < 4.78 is 14.1. The van der Waals surface area contributed by atoms with E-state index in [4.69, 9.17) is 5.73 Å². The number of pyridine rings is 1. The van der Waals surface area contributed by atoms with Gasteiger partial charge in [-0.1, -0.05) is 6.07 Å². The Kier molecular flexibility index (Phi) is 3.23. The fourth-order valence-electron chi connectivity index (χ4n) is 2.03. The van der Waals surface area contributed by atoms with Gasteiger partial charge in [-0.05, 0) is 45.8 Å². The number of nitrogens with one attached hydrogen (secondary N) is 1. The normalized spacial score (nSPS) is 10.7. The highest BCUT2D eigenvalue weighted by molar-refractivity contribution is 9.10. The van der Waals surface area contributed by atoms with Crippen LogP contribution < -0.4 is 5.73 Å². The van der Waals surface area contributed by atoms with Crippen molar-refractivity contribution in [2.24, 2.45) is 0 Å². The number of nitrogen functional groups attached to an aromatic ring is 1. The van der Waals surface area contributed by atoms with E-state index in [9.17, 15) is 4.39 Å². The van der Waals surface area contributed by atoms with Crippen molar-refractivity contribution in [1.82, 2.24) is 15.2 Å². The zero-order valence-corrected chi connectivity index (χ0v) is 11.9. The number of halogens is 2. The Bertz CT molecular complexity index is 755. The standard InChI is InChI=1S/C14H10BrFN4/c15-10-2-1-9(7-11(10)16)13-12(14(17)20-19-13)8-3-5-18-6-4-8/h1-7H,(H3,17,19,20). The zero-order chi connectivity index (χ0) is 14.1. The number of H-pyrrole nitrogens is 1. The van der Waals surface area contributed by atoms with Crippen LogP contribution in [0.25, 0.3) is 22.4 Å². The van der Waals surface area contributed by atoms with Gasteiger partial charge in [0.1, 0.15) is 5.82 Å². The number of benzene rings is 1. The van der Waals surface area contributed by atoms with Gasteiger partial charge in [0.25, 0.3) is 0 Å². The summed E-state index contributed by atoms with van der Waals surface area (Å²) in [5.41, 5.74) is 8.90. The van der Waals surface area contributed by atoms with Crippen LogP contribution in [0.4, 0.5) is 10.2 Å². The fourth-order valence-corrected chi connectivity index (χ4v) is 2.27. The molecule has 20 heavy (non-hydrogen) atoms. The van der Waals surface area contributed by atoms with Crippen LogP contribution >= 0.6 is 15.9 Å². The van der Waals surface area contributed by atoms with Gasteiger partial charge in [0.15, 0.2) is 5.82 Å². The molecule has 0 saturated heterocycles. The maximum absolute atomic E-state index is 13.7. The molecule has 0 aliphatic carbocycles. The molecule has 3 aromatic rings. The zero-order valence-electron chi connectivity index (χ0n) is 10.3. The predicted molar refractivity (Wildman–Crippen MR) is 79.3 cm³/mol. The number of nitrogens with two attached hydrogens (primary N) is 1. The Labute approximate surface area is 123 Å². The molecular weight excluding hydrogens is 323 g/mol. The van der Waals surface area contributed by atoms with Crippen molar-refractivity contribution in [3.05, 3.63) is 53.0 Å². The maximum Gasteiger partial charge on any atom is 0.153 e. The predicted octanol–water partition coefficient (Wildman–Crippen LogP) is 3.62. The molecule has 100 valence electrons. The van der Waals surface area contributed by atoms with E-state index in [-0.39, 0.29) is 5.82 Å². The molecule has 3 rings (SSSR count). The fraction of sp³-hybridized carbons (Fsp3) is 0. The van der Waals surface area contributed by atoms with E-state index < -0.39 is 0 Å². The monoisotopic (exact) mass is 332 g/mol. The van der Waals surface area contributed by atoms with Crippen LogP contribution in [0.1, 0.15) is 0 Å². The molecule has 0 spiro atoms. The van der Waals surface area contributed by atoms with Gasteiger partial charge in [-0.3, -0.25) is 10.1 Å². The summed E-state index contributed by atoms with van der Waals surface area (Å²) in [6.45, 7) is 0. The average molecular weight is 333 g/mol. The summed E-state index contributed by atoms with van der Waals surface area (Å²) >= 11 is 3.14. The molecule has 2 aromatic heterocycles. The lowest BCUT2D eigenvalue weighted by atomic mass is 10.0. The van der Waals surface area contributed by atoms with E-state index in [1.807, 2.05) is 12.1 Å².